The number of thioether (sulfide) groups is 1. The highest BCUT2D eigenvalue weighted by molar-refractivity contribution is 7.99. The lowest BCUT2D eigenvalue weighted by Crippen LogP contribution is -2.30. The summed E-state index contributed by atoms with van der Waals surface area (Å²) in [4.78, 5) is 6.30. The Labute approximate surface area is 156 Å². The average Bonchev–Trinajstić information content (AvgIpc) is 3.20. The van der Waals surface area contributed by atoms with Crippen LogP contribution in [0.15, 0.2) is 34.4 Å². The van der Waals surface area contributed by atoms with Crippen LogP contribution < -0.4 is 4.72 Å². The van der Waals surface area contributed by atoms with Crippen LogP contribution in [0.5, 0.6) is 0 Å². The number of rotatable bonds is 4. The first kappa shape index (κ1) is 17.4. The summed E-state index contributed by atoms with van der Waals surface area (Å²) >= 11 is 7.66. The number of halogens is 1. The van der Waals surface area contributed by atoms with Crippen LogP contribution in [-0.2, 0) is 16.6 Å². The van der Waals surface area contributed by atoms with Gasteiger partial charge in [0, 0.05) is 24.4 Å². The summed E-state index contributed by atoms with van der Waals surface area (Å²) in [5, 5.41) is 0.799. The molecule has 0 saturated carbocycles. The van der Waals surface area contributed by atoms with Crippen LogP contribution in [0.2, 0.25) is 5.15 Å². The predicted molar refractivity (Wildman–Crippen MR) is 98.5 cm³/mol. The molecule has 25 heavy (non-hydrogen) atoms. The molecule has 2 heterocycles. The van der Waals surface area contributed by atoms with Gasteiger partial charge in [-0.05, 0) is 31.6 Å². The van der Waals surface area contributed by atoms with E-state index in [4.69, 9.17) is 11.6 Å². The highest BCUT2D eigenvalue weighted by Crippen LogP contribution is 2.42. The van der Waals surface area contributed by atoms with Gasteiger partial charge in [-0.2, -0.15) is 0 Å². The van der Waals surface area contributed by atoms with Crippen LogP contribution >= 0.6 is 23.4 Å². The maximum Gasteiger partial charge on any atom is 0.259 e. The van der Waals surface area contributed by atoms with E-state index in [9.17, 15) is 8.42 Å². The Balaban J connectivity index is 1.69. The molecule has 1 aliphatic heterocycles. The number of nitrogens with one attached hydrogen (secondary N) is 1. The molecule has 9 heteroatoms. The number of hydrogen-bond acceptors (Lipinski definition) is 5. The molecule has 0 amide bonds. The number of nitrogens with zero attached hydrogens (tertiary/aromatic N) is 3. The zero-order chi connectivity index (χ0) is 17.8. The molecule has 1 aliphatic carbocycles. The minimum Gasteiger partial charge on any atom is -0.307 e. The molecule has 2 atom stereocenters. The van der Waals surface area contributed by atoms with Gasteiger partial charge in [0.05, 0.1) is 0 Å². The number of aromatic nitrogens is 2. The van der Waals surface area contributed by atoms with Crippen molar-refractivity contribution in [1.29, 1.82) is 0 Å². The van der Waals surface area contributed by atoms with Gasteiger partial charge in [0.2, 0.25) is 0 Å². The number of hydrogen-bond donors (Lipinski definition) is 1. The fourth-order valence-electron chi connectivity index (χ4n) is 3.63. The van der Waals surface area contributed by atoms with Crippen molar-refractivity contribution in [3.8, 4) is 0 Å². The number of fused-ring (bicyclic) bond motifs is 2. The van der Waals surface area contributed by atoms with Gasteiger partial charge in [-0.1, -0.05) is 47.6 Å². The van der Waals surface area contributed by atoms with E-state index >= 15 is 0 Å². The van der Waals surface area contributed by atoms with E-state index in [0.717, 1.165) is 11.3 Å². The quantitative estimate of drug-likeness (QED) is 0.857. The molecule has 0 bridgehead atoms. The monoisotopic (exact) mass is 398 g/mol. The fraction of sp³-hybridized carbons (Fsp3) is 0.438. The third-order valence-corrected chi connectivity index (χ3v) is 7.61. The molecule has 1 N–H and O–H groups in total. The molecule has 6 nitrogen and oxygen atoms in total. The van der Waals surface area contributed by atoms with Crippen LogP contribution in [0.3, 0.4) is 0 Å². The van der Waals surface area contributed by atoms with E-state index in [1.807, 2.05) is 32.3 Å². The normalized spacial score (nSPS) is 22.4. The Hall–Kier alpha value is -1.06. The van der Waals surface area contributed by atoms with Crippen molar-refractivity contribution >= 4 is 33.4 Å². The molecule has 2 unspecified atom stereocenters. The Kier molecular flexibility index (Phi) is 4.36. The van der Waals surface area contributed by atoms with E-state index in [2.05, 4.69) is 20.7 Å². The molecule has 0 saturated heterocycles. The van der Waals surface area contributed by atoms with Gasteiger partial charge in [0.1, 0.15) is 0 Å². The predicted octanol–water partition coefficient (Wildman–Crippen LogP) is 2.67. The first-order chi connectivity index (χ1) is 11.9. The van der Waals surface area contributed by atoms with Crippen LogP contribution in [-0.4, -0.2) is 42.7 Å². The highest BCUT2D eigenvalue weighted by atomic mass is 35.5. The highest BCUT2D eigenvalue weighted by Gasteiger charge is 2.37. The smallest absolute Gasteiger partial charge is 0.259 e. The number of benzene rings is 1. The van der Waals surface area contributed by atoms with Gasteiger partial charge in [0.25, 0.3) is 10.0 Å². The van der Waals surface area contributed by atoms with Crippen molar-refractivity contribution in [1.82, 2.24) is 19.2 Å². The lowest BCUT2D eigenvalue weighted by atomic mass is 10.1. The lowest BCUT2D eigenvalue weighted by Gasteiger charge is -2.20. The summed E-state index contributed by atoms with van der Waals surface area (Å²) in [5.41, 5.74) is 2.19. The van der Waals surface area contributed by atoms with Gasteiger partial charge in [-0.15, -0.1) is 0 Å². The van der Waals surface area contributed by atoms with Gasteiger partial charge >= 0.3 is 0 Å². The van der Waals surface area contributed by atoms with Crippen LogP contribution in [0.4, 0.5) is 0 Å². The number of sulfonamides is 1. The largest absolute Gasteiger partial charge is 0.307 e. The standard InChI is InChI=1S/C16H19ClN4O2S2/c1-20(2)13-9-12(10-5-3-4-6-11(10)13)19-25(22,23)15-14(17)18-16-21(15)7-8-24-16/h3-6,12-13,19H,7-9H2,1-2H3. The van der Waals surface area contributed by atoms with Gasteiger partial charge in [-0.25, -0.2) is 18.1 Å². The first-order valence-corrected chi connectivity index (χ1v) is 10.9. The van der Waals surface area contributed by atoms with Crippen molar-refractivity contribution in [2.24, 2.45) is 0 Å². The Morgan fingerprint density at radius 1 is 1.32 bits per heavy atom. The zero-order valence-corrected chi connectivity index (χ0v) is 16.3. The Morgan fingerprint density at radius 2 is 2.04 bits per heavy atom. The third kappa shape index (κ3) is 2.90. The minimum absolute atomic E-state index is 0.0464. The van der Waals surface area contributed by atoms with Gasteiger partial charge in [0.15, 0.2) is 15.3 Å². The third-order valence-electron chi connectivity index (χ3n) is 4.76. The zero-order valence-electron chi connectivity index (χ0n) is 13.9. The molecule has 0 spiro atoms. The molecule has 2 aliphatic rings. The SMILES string of the molecule is CN(C)C1CC(NS(=O)(=O)c2c(Cl)nc3n2CCS3)c2ccccc21. The van der Waals surface area contributed by atoms with Crippen molar-refractivity contribution in [2.75, 3.05) is 19.8 Å². The summed E-state index contributed by atoms with van der Waals surface area (Å²) in [7, 11) is 0.259. The van der Waals surface area contributed by atoms with Crippen molar-refractivity contribution in [3.63, 3.8) is 0 Å². The van der Waals surface area contributed by atoms with Gasteiger partial charge < -0.3 is 9.47 Å². The second-order valence-electron chi connectivity index (χ2n) is 6.51. The summed E-state index contributed by atoms with van der Waals surface area (Å²) in [6.07, 6.45) is 0.693. The van der Waals surface area contributed by atoms with E-state index in [1.165, 1.54) is 17.3 Å². The van der Waals surface area contributed by atoms with Gasteiger partial charge in [-0.3, -0.25) is 0 Å². The van der Waals surface area contributed by atoms with E-state index in [1.54, 1.807) is 4.57 Å². The number of imidazole rings is 1. The van der Waals surface area contributed by atoms with Crippen molar-refractivity contribution < 1.29 is 8.42 Å². The van der Waals surface area contributed by atoms with Crippen LogP contribution in [0, 0.1) is 0 Å². The van der Waals surface area contributed by atoms with Crippen molar-refractivity contribution in [2.45, 2.75) is 35.2 Å². The van der Waals surface area contributed by atoms with Crippen LogP contribution in [0.1, 0.15) is 29.6 Å². The van der Waals surface area contributed by atoms with E-state index in [0.29, 0.717) is 18.1 Å². The molecular formula is C16H19ClN4O2S2. The average molecular weight is 399 g/mol. The molecule has 4 rings (SSSR count). The summed E-state index contributed by atoms with van der Waals surface area (Å²) < 4.78 is 30.6. The second-order valence-corrected chi connectivity index (χ2v) is 9.56. The van der Waals surface area contributed by atoms with E-state index < -0.39 is 10.0 Å². The molecule has 1 aromatic heterocycles. The lowest BCUT2D eigenvalue weighted by molar-refractivity contribution is 0.286. The Morgan fingerprint density at radius 3 is 2.76 bits per heavy atom. The maximum absolute atomic E-state index is 13.0. The molecule has 0 radical (unpaired) electrons. The van der Waals surface area contributed by atoms with E-state index in [-0.39, 0.29) is 22.3 Å². The fourth-order valence-corrected chi connectivity index (χ4v) is 6.62. The molecule has 2 aromatic rings. The second kappa shape index (κ2) is 6.28. The molecule has 134 valence electrons. The summed E-state index contributed by atoms with van der Waals surface area (Å²) in [6.45, 7) is 0.609. The van der Waals surface area contributed by atoms with Crippen molar-refractivity contribution in [3.05, 3.63) is 40.5 Å². The Bertz CT molecular complexity index is 926. The maximum atomic E-state index is 13.0. The summed E-state index contributed by atoms with van der Waals surface area (Å²) in [5.74, 6) is 0.816. The summed E-state index contributed by atoms with van der Waals surface area (Å²) in [6, 6.07) is 7.90. The van der Waals surface area contributed by atoms with Crippen LogP contribution in [0.25, 0.3) is 0 Å². The first-order valence-electron chi connectivity index (χ1n) is 8.05. The molecule has 0 fully saturated rings. The molecule has 1 aromatic carbocycles. The molecular weight excluding hydrogens is 380 g/mol. The topological polar surface area (TPSA) is 67.2 Å². The minimum atomic E-state index is -3.76.